The fraction of sp³-hybridized carbons (Fsp3) is 0.179. The maximum Gasteiger partial charge on any atom is 0.120 e. The molecule has 3 heterocycles. The van der Waals surface area contributed by atoms with Crippen LogP contribution in [0.4, 0.5) is 0 Å². The van der Waals surface area contributed by atoms with Gasteiger partial charge in [-0.25, -0.2) is 0 Å². The zero-order valence-corrected chi connectivity index (χ0v) is 39.6. The van der Waals surface area contributed by atoms with Gasteiger partial charge in [-0.05, 0) is 80.8 Å². The molecule has 0 saturated heterocycles. The molecule has 0 saturated carbocycles. The third-order valence-electron chi connectivity index (χ3n) is 11.5. The van der Waals surface area contributed by atoms with Crippen LogP contribution < -0.4 is 5.19 Å². The summed E-state index contributed by atoms with van der Waals surface area (Å²) in [4.78, 5) is 9.73. The quantitative estimate of drug-likeness (QED) is 0.118. The number of rotatable bonds is 7. The van der Waals surface area contributed by atoms with E-state index in [4.69, 9.17) is 14.4 Å². The number of hydrogen-bond acceptors (Lipinski definition) is 3. The molecule has 0 aliphatic heterocycles. The molecule has 1 atom stereocenters. The Bertz CT molecular complexity index is 3250. The van der Waals surface area contributed by atoms with Crippen LogP contribution in [0.2, 0.25) is 19.6 Å². The van der Waals surface area contributed by atoms with Crippen LogP contribution in [0.15, 0.2) is 168 Å². The van der Waals surface area contributed by atoms with Gasteiger partial charge in [-0.2, -0.15) is 0 Å². The molecule has 1 radical (unpaired) electrons. The largest absolute Gasteiger partial charge is 0.501 e. The van der Waals surface area contributed by atoms with Crippen molar-refractivity contribution in [2.75, 3.05) is 0 Å². The molecule has 0 N–H and O–H groups in total. The second-order valence-electron chi connectivity index (χ2n) is 17.8. The fourth-order valence-electron chi connectivity index (χ4n) is 8.23. The average molecular weight is 1000 g/mol. The summed E-state index contributed by atoms with van der Waals surface area (Å²) in [6.07, 6.45) is 0.359. The monoisotopic (exact) mass is 1000 g/mol. The molecule has 10 aromatic rings. The molecule has 0 bridgehead atoms. The van der Waals surface area contributed by atoms with Crippen molar-refractivity contribution in [2.45, 2.75) is 65.0 Å². The smallest absolute Gasteiger partial charge is 0.120 e. The van der Waals surface area contributed by atoms with Gasteiger partial charge in [-0.15, -0.1) is 54.1 Å². The minimum atomic E-state index is -1.82. The molecule has 6 heteroatoms. The number of nitrogens with zero attached hydrogens (tertiary/aromatic N) is 3. The minimum absolute atomic E-state index is 0. The van der Waals surface area contributed by atoms with Gasteiger partial charge in [0.15, 0.2) is 0 Å². The number of furan rings is 1. The molecule has 4 nitrogen and oxygen atoms in total. The summed E-state index contributed by atoms with van der Waals surface area (Å²) < 4.78 is 27.1. The normalized spacial score (nSPS) is 13.0. The van der Waals surface area contributed by atoms with E-state index in [9.17, 15) is 2.74 Å². The van der Waals surface area contributed by atoms with E-state index in [-0.39, 0.29) is 31.4 Å². The number of imidazole rings is 1. The molecule has 311 valence electrons. The Balaban J connectivity index is 0.000000172. The SMILES string of the molecule is CC(C)(C)c1ccc(-n2c(-c3[c-]ccc4c3oc3ccccc34)nc3ccccc32)cc1.[2H]C([2H])(c1cc(-c2[c-]cccc2)ncc1[Si](C)(C)C)C(C)c1cccc2ccccc12.[Ir]. The Labute approximate surface area is 382 Å². The summed E-state index contributed by atoms with van der Waals surface area (Å²) in [5.41, 5.74) is 10.5. The zero-order chi connectivity index (χ0) is 44.1. The van der Waals surface area contributed by atoms with E-state index < -0.39 is 14.4 Å². The third kappa shape index (κ3) is 8.48. The third-order valence-corrected chi connectivity index (χ3v) is 13.5. The van der Waals surface area contributed by atoms with Crippen molar-refractivity contribution >= 4 is 57.0 Å². The standard InChI is InChI=1S/C29H23N2O.C27H28NSi.Ir/c1-29(2,3)19-15-17-20(18-16-19)31-25-13-6-5-12-24(25)30-28(31)23-11-8-10-22-21-9-4-7-14-26(21)32-27(22)23;1-20(24-16-10-14-21-11-8-9-15-25(21)24)17-23-18-26(22-12-6-5-7-13-22)28-19-27(23)29(2,3)4;/h4-10,12-18H,1-3H3;5-12,14-16,18-20H,17H2,1-4H3;/q2*-1;/i;17D2;. The first kappa shape index (κ1) is 40.2. The van der Waals surface area contributed by atoms with Gasteiger partial charge in [-0.1, -0.05) is 155 Å². The average Bonchev–Trinajstić information content (AvgIpc) is 3.87. The van der Waals surface area contributed by atoms with E-state index in [0.29, 0.717) is 0 Å². The predicted molar refractivity (Wildman–Crippen MR) is 259 cm³/mol. The number of aromatic nitrogens is 3. The number of benzene rings is 7. The Morgan fingerprint density at radius 1 is 0.742 bits per heavy atom. The molecular formula is C56H51IrN3OSi-2. The van der Waals surface area contributed by atoms with E-state index in [1.54, 1.807) is 0 Å². The van der Waals surface area contributed by atoms with Crippen molar-refractivity contribution in [2.24, 2.45) is 0 Å². The second kappa shape index (κ2) is 17.5. The summed E-state index contributed by atoms with van der Waals surface area (Å²) >= 11 is 0. The zero-order valence-electron chi connectivity index (χ0n) is 38.2. The first-order valence-corrected chi connectivity index (χ1v) is 24.6. The Kier molecular flexibility index (Phi) is 11.3. The molecule has 62 heavy (non-hydrogen) atoms. The van der Waals surface area contributed by atoms with Gasteiger partial charge >= 0.3 is 0 Å². The van der Waals surface area contributed by atoms with Gasteiger partial charge in [-0.3, -0.25) is 4.98 Å². The topological polar surface area (TPSA) is 43.9 Å². The summed E-state index contributed by atoms with van der Waals surface area (Å²) in [6, 6.07) is 60.0. The molecule has 7 aromatic carbocycles. The van der Waals surface area contributed by atoms with Crippen molar-refractivity contribution < 1.29 is 27.3 Å². The van der Waals surface area contributed by atoms with E-state index in [1.807, 2.05) is 92.0 Å². The summed E-state index contributed by atoms with van der Waals surface area (Å²) in [5, 5.41) is 5.51. The summed E-state index contributed by atoms with van der Waals surface area (Å²) in [6.45, 7) is 15.5. The van der Waals surface area contributed by atoms with Crippen LogP contribution in [0.25, 0.3) is 72.1 Å². The molecule has 0 amide bonds. The first-order chi connectivity index (χ1) is 30.2. The number of hydrogen-bond donors (Lipinski definition) is 0. The van der Waals surface area contributed by atoms with Gasteiger partial charge in [0, 0.05) is 40.1 Å². The maximum absolute atomic E-state index is 9.32. The molecule has 0 spiro atoms. The summed E-state index contributed by atoms with van der Waals surface area (Å²) in [7, 11) is -1.82. The molecule has 0 aliphatic carbocycles. The number of pyridine rings is 1. The van der Waals surface area contributed by atoms with Crippen molar-refractivity contribution in [1.29, 1.82) is 0 Å². The van der Waals surface area contributed by atoms with Crippen LogP contribution in [0.1, 0.15) is 53.0 Å². The van der Waals surface area contributed by atoms with Crippen LogP contribution in [0.3, 0.4) is 0 Å². The molecule has 1 unspecified atom stereocenters. The van der Waals surface area contributed by atoms with E-state index >= 15 is 0 Å². The van der Waals surface area contributed by atoms with Gasteiger partial charge < -0.3 is 14.0 Å². The van der Waals surface area contributed by atoms with Crippen molar-refractivity contribution in [3.8, 4) is 28.3 Å². The van der Waals surface area contributed by atoms with Crippen LogP contribution in [-0.4, -0.2) is 22.6 Å². The van der Waals surface area contributed by atoms with Crippen LogP contribution in [0, 0.1) is 12.1 Å². The van der Waals surface area contributed by atoms with Crippen molar-refractivity contribution in [3.05, 3.63) is 193 Å². The van der Waals surface area contributed by atoms with E-state index in [1.165, 1.54) is 5.56 Å². The van der Waals surface area contributed by atoms with Crippen molar-refractivity contribution in [1.82, 2.24) is 14.5 Å². The van der Waals surface area contributed by atoms with Gasteiger partial charge in [0.05, 0.1) is 30.5 Å². The number of fused-ring (bicyclic) bond motifs is 5. The Morgan fingerprint density at radius 2 is 1.45 bits per heavy atom. The molecule has 10 rings (SSSR count). The van der Waals surface area contributed by atoms with Crippen molar-refractivity contribution in [3.63, 3.8) is 0 Å². The minimum Gasteiger partial charge on any atom is -0.501 e. The Morgan fingerprint density at radius 3 is 2.21 bits per heavy atom. The van der Waals surface area contributed by atoms with E-state index in [2.05, 4.69) is 136 Å². The fourth-order valence-corrected chi connectivity index (χ4v) is 9.64. The molecule has 0 fully saturated rings. The van der Waals surface area contributed by atoms with Gasteiger partial charge in [0.25, 0.3) is 0 Å². The maximum atomic E-state index is 9.32. The number of para-hydroxylation sites is 3. The molecule has 0 aliphatic rings. The Hall–Kier alpha value is -5.91. The second-order valence-corrected chi connectivity index (χ2v) is 22.9. The van der Waals surface area contributed by atoms with Gasteiger partial charge in [0.1, 0.15) is 5.58 Å². The molecular weight excluding hydrogens is 951 g/mol. The van der Waals surface area contributed by atoms with Gasteiger partial charge in [0.2, 0.25) is 0 Å². The summed E-state index contributed by atoms with van der Waals surface area (Å²) in [5.74, 6) is 0.517. The van der Waals surface area contributed by atoms with Crippen LogP contribution in [-0.2, 0) is 31.9 Å². The predicted octanol–water partition coefficient (Wildman–Crippen LogP) is 14.3. The van der Waals surface area contributed by atoms with Crippen LogP contribution in [0.5, 0.6) is 0 Å². The molecule has 3 aromatic heterocycles. The first-order valence-electron chi connectivity index (χ1n) is 22.1. The van der Waals surface area contributed by atoms with Crippen LogP contribution >= 0.6 is 0 Å². The van der Waals surface area contributed by atoms with E-state index in [0.717, 1.165) is 88.4 Å².